The van der Waals surface area contributed by atoms with Gasteiger partial charge in [-0.1, -0.05) is 26.8 Å². The number of hydrogen-bond donors (Lipinski definition) is 2. The first-order valence-corrected chi connectivity index (χ1v) is 14.0. The molecule has 0 spiro atoms. The van der Waals surface area contributed by atoms with Crippen LogP contribution in [0.4, 0.5) is 10.5 Å². The number of amides is 5. The lowest BCUT2D eigenvalue weighted by Gasteiger charge is -2.45. The summed E-state index contributed by atoms with van der Waals surface area (Å²) in [6.45, 7) is 7.65. The Labute approximate surface area is 233 Å². The molecule has 0 radical (unpaired) electrons. The van der Waals surface area contributed by atoms with Crippen molar-refractivity contribution in [1.82, 2.24) is 15.1 Å². The van der Waals surface area contributed by atoms with Crippen molar-refractivity contribution in [2.24, 2.45) is 11.3 Å². The number of fused-ring (bicyclic) bond motifs is 1. The monoisotopic (exact) mass is 554 g/mol. The first-order valence-electron chi connectivity index (χ1n) is 14.0. The van der Waals surface area contributed by atoms with Crippen LogP contribution in [-0.4, -0.2) is 82.6 Å². The molecule has 216 valence electrons. The van der Waals surface area contributed by atoms with Crippen LogP contribution in [0.25, 0.3) is 0 Å². The molecule has 3 aliphatic heterocycles. The number of likely N-dealkylation sites (tertiary alicyclic amines) is 1. The largest absolute Gasteiger partial charge is 0.465 e. The van der Waals surface area contributed by atoms with Crippen molar-refractivity contribution in [3.8, 4) is 0 Å². The van der Waals surface area contributed by atoms with Crippen molar-refractivity contribution in [3.63, 3.8) is 0 Å². The van der Waals surface area contributed by atoms with E-state index in [0.29, 0.717) is 38.2 Å². The summed E-state index contributed by atoms with van der Waals surface area (Å²) in [7, 11) is 0. The predicted molar refractivity (Wildman–Crippen MR) is 146 cm³/mol. The number of piperidine rings is 2. The highest BCUT2D eigenvalue weighted by Crippen LogP contribution is 2.38. The Morgan fingerprint density at radius 2 is 1.88 bits per heavy atom. The van der Waals surface area contributed by atoms with Crippen LogP contribution in [0, 0.1) is 11.3 Å². The van der Waals surface area contributed by atoms with Crippen molar-refractivity contribution >= 4 is 41.7 Å². The average Bonchev–Trinajstić information content (AvgIpc) is 3.15. The lowest BCUT2D eigenvalue weighted by Crippen LogP contribution is -2.54. The van der Waals surface area contributed by atoms with Crippen molar-refractivity contribution in [3.05, 3.63) is 29.3 Å². The third-order valence-corrected chi connectivity index (χ3v) is 8.30. The number of carbonyl (C=O) groups is 6. The Hall–Kier alpha value is -3.76. The summed E-state index contributed by atoms with van der Waals surface area (Å²) in [5, 5.41) is 11.9. The minimum atomic E-state index is -1.05. The summed E-state index contributed by atoms with van der Waals surface area (Å²) in [6, 6.07) is 3.90. The Kier molecular flexibility index (Phi) is 8.60. The number of benzene rings is 1. The summed E-state index contributed by atoms with van der Waals surface area (Å²) in [4.78, 5) is 78.5. The molecular weight excluding hydrogens is 516 g/mol. The van der Waals surface area contributed by atoms with Gasteiger partial charge in [-0.15, -0.1) is 0 Å². The maximum atomic E-state index is 13.6. The molecule has 1 aromatic rings. The average molecular weight is 555 g/mol. The third kappa shape index (κ3) is 5.88. The van der Waals surface area contributed by atoms with E-state index in [9.17, 15) is 33.9 Å². The predicted octanol–water partition coefficient (Wildman–Crippen LogP) is 3.07. The molecule has 3 unspecified atom stereocenters. The standard InChI is InChI=1S/C29H38N4O7/c1-29(2,3)22-17-18(12-15-32(22)28(39)40)11-14-31(13-4-5-16-34)20-8-6-7-19-24(20)27(38)33(26(19)37)21-9-10-23(35)30-25(21)36/h6-8,16,18,21-22H,4-5,9-15,17H2,1-3H3,(H,39,40)(H,30,35,36). The van der Waals surface area contributed by atoms with E-state index in [0.717, 1.165) is 30.4 Å². The lowest BCUT2D eigenvalue weighted by molar-refractivity contribution is -0.136. The zero-order valence-electron chi connectivity index (χ0n) is 23.4. The molecule has 11 nitrogen and oxygen atoms in total. The summed E-state index contributed by atoms with van der Waals surface area (Å²) in [5.74, 6) is -1.94. The van der Waals surface area contributed by atoms with E-state index in [1.165, 1.54) is 4.90 Å². The summed E-state index contributed by atoms with van der Waals surface area (Å²) >= 11 is 0. The van der Waals surface area contributed by atoms with E-state index in [-0.39, 0.29) is 41.3 Å². The number of unbranched alkanes of at least 4 members (excludes halogenated alkanes) is 1. The van der Waals surface area contributed by atoms with Gasteiger partial charge in [0, 0.05) is 38.5 Å². The Morgan fingerprint density at radius 1 is 1.12 bits per heavy atom. The van der Waals surface area contributed by atoms with Gasteiger partial charge in [0.2, 0.25) is 11.8 Å². The van der Waals surface area contributed by atoms with E-state index in [1.807, 2.05) is 25.7 Å². The molecule has 3 heterocycles. The van der Waals surface area contributed by atoms with Crippen molar-refractivity contribution in [1.29, 1.82) is 0 Å². The summed E-state index contributed by atoms with van der Waals surface area (Å²) in [5.41, 5.74) is 0.811. The van der Waals surface area contributed by atoms with Crippen LogP contribution >= 0.6 is 0 Å². The van der Waals surface area contributed by atoms with Gasteiger partial charge in [-0.3, -0.25) is 29.4 Å². The molecule has 5 amide bonds. The number of aldehydes is 1. The van der Waals surface area contributed by atoms with E-state index in [1.54, 1.807) is 18.2 Å². The molecular formula is C29H38N4O7. The van der Waals surface area contributed by atoms with E-state index in [4.69, 9.17) is 0 Å². The molecule has 40 heavy (non-hydrogen) atoms. The topological polar surface area (TPSA) is 144 Å². The van der Waals surface area contributed by atoms with Crippen LogP contribution in [-0.2, 0) is 14.4 Å². The number of imide groups is 2. The van der Waals surface area contributed by atoms with Crippen molar-refractivity contribution < 1.29 is 33.9 Å². The fourth-order valence-corrected chi connectivity index (χ4v) is 6.17. The molecule has 0 aromatic heterocycles. The first-order chi connectivity index (χ1) is 18.9. The highest BCUT2D eigenvalue weighted by molar-refractivity contribution is 6.25. The lowest BCUT2D eigenvalue weighted by atomic mass is 9.76. The van der Waals surface area contributed by atoms with Crippen LogP contribution in [0.3, 0.4) is 0 Å². The maximum Gasteiger partial charge on any atom is 0.407 e. The zero-order valence-corrected chi connectivity index (χ0v) is 23.4. The molecule has 0 aliphatic carbocycles. The smallest absolute Gasteiger partial charge is 0.407 e. The second kappa shape index (κ2) is 11.8. The van der Waals surface area contributed by atoms with E-state index < -0.39 is 35.8 Å². The van der Waals surface area contributed by atoms with Crippen LogP contribution in [0.15, 0.2) is 18.2 Å². The number of carbonyl (C=O) groups excluding carboxylic acids is 5. The molecule has 0 saturated carbocycles. The van der Waals surface area contributed by atoms with Crippen molar-refractivity contribution in [2.45, 2.75) is 77.8 Å². The van der Waals surface area contributed by atoms with Crippen LogP contribution < -0.4 is 10.2 Å². The highest BCUT2D eigenvalue weighted by atomic mass is 16.4. The summed E-state index contributed by atoms with van der Waals surface area (Å²) in [6.07, 6.45) is 3.20. The first kappa shape index (κ1) is 29.2. The molecule has 3 atom stereocenters. The third-order valence-electron chi connectivity index (χ3n) is 8.30. The van der Waals surface area contributed by atoms with Gasteiger partial charge in [0.15, 0.2) is 0 Å². The van der Waals surface area contributed by atoms with Gasteiger partial charge in [-0.2, -0.15) is 0 Å². The van der Waals surface area contributed by atoms with Gasteiger partial charge in [0.1, 0.15) is 12.3 Å². The summed E-state index contributed by atoms with van der Waals surface area (Å²) < 4.78 is 0. The zero-order chi connectivity index (χ0) is 29.2. The van der Waals surface area contributed by atoms with E-state index in [2.05, 4.69) is 5.32 Å². The van der Waals surface area contributed by atoms with Gasteiger partial charge in [0.25, 0.3) is 11.8 Å². The van der Waals surface area contributed by atoms with Crippen molar-refractivity contribution in [2.75, 3.05) is 24.5 Å². The van der Waals surface area contributed by atoms with Crippen LogP contribution in [0.2, 0.25) is 0 Å². The molecule has 4 rings (SSSR count). The molecule has 0 bridgehead atoms. The van der Waals surface area contributed by atoms with Gasteiger partial charge in [-0.25, -0.2) is 4.79 Å². The fraction of sp³-hybridized carbons (Fsp3) is 0.586. The van der Waals surface area contributed by atoms with Crippen LogP contribution in [0.1, 0.15) is 86.4 Å². The fourth-order valence-electron chi connectivity index (χ4n) is 6.17. The van der Waals surface area contributed by atoms with Gasteiger partial charge in [-0.05, 0) is 55.6 Å². The quantitative estimate of drug-likeness (QED) is 0.269. The maximum absolute atomic E-state index is 13.6. The number of rotatable bonds is 9. The molecule has 2 saturated heterocycles. The number of hydrogen-bond acceptors (Lipinski definition) is 7. The van der Waals surface area contributed by atoms with Gasteiger partial charge >= 0.3 is 6.09 Å². The number of anilines is 1. The molecule has 2 N–H and O–H groups in total. The Bertz CT molecular complexity index is 1210. The Morgan fingerprint density at radius 3 is 2.52 bits per heavy atom. The molecule has 3 aliphatic rings. The second-order valence-corrected chi connectivity index (χ2v) is 12.0. The minimum absolute atomic E-state index is 0.0464. The number of nitrogens with one attached hydrogen (secondary N) is 1. The second-order valence-electron chi connectivity index (χ2n) is 12.0. The van der Waals surface area contributed by atoms with Gasteiger partial charge in [0.05, 0.1) is 16.8 Å². The Balaban J connectivity index is 1.56. The molecule has 11 heteroatoms. The van der Waals surface area contributed by atoms with E-state index >= 15 is 0 Å². The molecule has 2 fully saturated rings. The number of carboxylic acid groups (broad SMARTS) is 1. The highest BCUT2D eigenvalue weighted by Gasteiger charge is 2.46. The van der Waals surface area contributed by atoms with Crippen LogP contribution in [0.5, 0.6) is 0 Å². The normalized spacial score (nSPS) is 23.2. The number of nitrogens with zero attached hydrogens (tertiary/aromatic N) is 3. The molecule has 1 aromatic carbocycles. The van der Waals surface area contributed by atoms with Gasteiger partial charge < -0.3 is 19.7 Å². The SMILES string of the molecule is CC(C)(C)C1CC(CCN(CCCC=O)c2cccc3c2C(=O)N(C2CCC(=O)NC2=O)C3=O)CCN1C(=O)O. The minimum Gasteiger partial charge on any atom is -0.465 e.